The van der Waals surface area contributed by atoms with Crippen LogP contribution in [0.4, 0.5) is 22.0 Å². The number of rotatable bonds is 2. The summed E-state index contributed by atoms with van der Waals surface area (Å²) in [5.74, 6) is -5.70. The highest BCUT2D eigenvalue weighted by Crippen LogP contribution is 2.15. The van der Waals surface area contributed by atoms with Gasteiger partial charge in [-0.15, -0.1) is 0 Å². The molecule has 0 spiro atoms. The van der Waals surface area contributed by atoms with Crippen LogP contribution >= 0.6 is 0 Å². The molecule has 0 aliphatic rings. The lowest BCUT2D eigenvalue weighted by atomic mass is 10.3. The van der Waals surface area contributed by atoms with E-state index in [0.29, 0.717) is 0 Å². The normalized spacial score (nSPS) is 12.8. The number of amides is 1. The van der Waals surface area contributed by atoms with Crippen LogP contribution in [0.25, 0.3) is 0 Å². The van der Waals surface area contributed by atoms with Gasteiger partial charge in [0.1, 0.15) is 6.54 Å². The van der Waals surface area contributed by atoms with E-state index in [9.17, 15) is 26.7 Å². The zero-order valence-electron chi connectivity index (χ0n) is 6.01. The first-order chi connectivity index (χ1) is 5.13. The Morgan fingerprint density at radius 3 is 1.92 bits per heavy atom. The molecule has 1 N–H and O–H groups in total. The number of alkyl halides is 5. The Balaban J connectivity index is 3.90. The molecule has 0 aliphatic heterocycles. The predicted molar refractivity (Wildman–Crippen MR) is 29.7 cm³/mol. The van der Waals surface area contributed by atoms with Crippen molar-refractivity contribution >= 4 is 5.91 Å². The monoisotopic (exact) mass is 191 g/mol. The topological polar surface area (TPSA) is 29.1 Å². The molecule has 0 aromatic carbocycles. The average molecular weight is 191 g/mol. The standard InChI is InChI=1S/C5H6F5NO/c1-4(6,7)3(12)11-2-5(8,9)10/h2H2,1H3,(H,11,12). The highest BCUT2D eigenvalue weighted by molar-refractivity contribution is 5.82. The summed E-state index contributed by atoms with van der Waals surface area (Å²) in [6.45, 7) is -1.52. The maximum Gasteiger partial charge on any atom is 0.405 e. The van der Waals surface area contributed by atoms with Crippen LogP contribution in [0.1, 0.15) is 6.92 Å². The molecule has 0 unspecified atom stereocenters. The first-order valence-electron chi connectivity index (χ1n) is 2.86. The van der Waals surface area contributed by atoms with Crippen LogP contribution < -0.4 is 5.32 Å². The summed E-state index contributed by atoms with van der Waals surface area (Å²) in [7, 11) is 0. The fraction of sp³-hybridized carbons (Fsp3) is 0.800. The molecule has 0 atom stereocenters. The molecule has 0 saturated heterocycles. The van der Waals surface area contributed by atoms with Crippen molar-refractivity contribution in [2.75, 3.05) is 6.54 Å². The van der Waals surface area contributed by atoms with Crippen molar-refractivity contribution in [1.29, 1.82) is 0 Å². The van der Waals surface area contributed by atoms with E-state index in [4.69, 9.17) is 0 Å². The highest BCUT2D eigenvalue weighted by atomic mass is 19.4. The molecule has 0 aromatic rings. The number of hydrogen-bond donors (Lipinski definition) is 1. The van der Waals surface area contributed by atoms with E-state index in [0.717, 1.165) is 5.32 Å². The molecule has 7 heteroatoms. The van der Waals surface area contributed by atoms with Crippen LogP contribution in [0.15, 0.2) is 0 Å². The van der Waals surface area contributed by atoms with Gasteiger partial charge in [0.05, 0.1) is 0 Å². The number of carbonyl (C=O) groups excluding carboxylic acids is 1. The van der Waals surface area contributed by atoms with Crippen LogP contribution in [0.5, 0.6) is 0 Å². The highest BCUT2D eigenvalue weighted by Gasteiger charge is 2.35. The zero-order valence-corrected chi connectivity index (χ0v) is 6.01. The molecule has 0 bridgehead atoms. The molecule has 0 fully saturated rings. The number of nitrogens with one attached hydrogen (secondary N) is 1. The average Bonchev–Trinajstić information content (AvgIpc) is 1.78. The maximum atomic E-state index is 11.9. The minimum absolute atomic E-state index is 0.221. The number of halogens is 5. The van der Waals surface area contributed by atoms with E-state index in [1.807, 2.05) is 0 Å². The van der Waals surface area contributed by atoms with Crippen LogP contribution in [0, 0.1) is 0 Å². The Kier molecular flexibility index (Phi) is 3.00. The molecule has 12 heavy (non-hydrogen) atoms. The number of carbonyl (C=O) groups is 1. The maximum absolute atomic E-state index is 11.9. The Morgan fingerprint density at radius 2 is 1.67 bits per heavy atom. The van der Waals surface area contributed by atoms with E-state index in [-0.39, 0.29) is 6.92 Å². The SMILES string of the molecule is CC(F)(F)C(=O)NCC(F)(F)F. The summed E-state index contributed by atoms with van der Waals surface area (Å²) in [5.41, 5.74) is 0. The van der Waals surface area contributed by atoms with Gasteiger partial charge < -0.3 is 5.32 Å². The van der Waals surface area contributed by atoms with Gasteiger partial charge in [0.15, 0.2) is 0 Å². The van der Waals surface area contributed by atoms with Crippen molar-refractivity contribution in [3.05, 3.63) is 0 Å². The summed E-state index contributed by atoms with van der Waals surface area (Å²) in [6, 6.07) is 0. The van der Waals surface area contributed by atoms with Gasteiger partial charge >= 0.3 is 12.1 Å². The van der Waals surface area contributed by atoms with Gasteiger partial charge in [-0.2, -0.15) is 22.0 Å². The van der Waals surface area contributed by atoms with Crippen molar-refractivity contribution in [2.45, 2.75) is 19.0 Å². The summed E-state index contributed by atoms with van der Waals surface area (Å²) < 4.78 is 57.9. The quantitative estimate of drug-likeness (QED) is 0.655. The summed E-state index contributed by atoms with van der Waals surface area (Å²) in [6.07, 6.45) is -4.67. The molecule has 0 rings (SSSR count). The molecule has 0 heterocycles. The van der Waals surface area contributed by atoms with Crippen molar-refractivity contribution in [1.82, 2.24) is 5.32 Å². The largest absolute Gasteiger partial charge is 0.405 e. The molecule has 0 aromatic heterocycles. The van der Waals surface area contributed by atoms with E-state index in [1.54, 1.807) is 0 Å². The van der Waals surface area contributed by atoms with Gasteiger partial charge in [-0.3, -0.25) is 4.79 Å². The summed E-state index contributed by atoms with van der Waals surface area (Å²) in [4.78, 5) is 10.2. The molecule has 0 radical (unpaired) electrons. The van der Waals surface area contributed by atoms with Crippen LogP contribution in [-0.2, 0) is 4.79 Å². The molecule has 0 aliphatic carbocycles. The first kappa shape index (κ1) is 11.1. The van der Waals surface area contributed by atoms with E-state index in [2.05, 4.69) is 0 Å². The van der Waals surface area contributed by atoms with Crippen LogP contribution in [0.2, 0.25) is 0 Å². The molecule has 0 saturated carbocycles. The van der Waals surface area contributed by atoms with Gasteiger partial charge in [-0.25, -0.2) is 0 Å². The fourth-order valence-electron chi connectivity index (χ4n) is 0.336. The third-order valence-electron chi connectivity index (χ3n) is 0.848. The fourth-order valence-corrected chi connectivity index (χ4v) is 0.336. The van der Waals surface area contributed by atoms with Gasteiger partial charge in [-0.05, 0) is 0 Å². The van der Waals surface area contributed by atoms with Crippen molar-refractivity contribution in [2.24, 2.45) is 0 Å². The van der Waals surface area contributed by atoms with E-state index in [1.165, 1.54) is 0 Å². The predicted octanol–water partition coefficient (Wildman–Crippen LogP) is 1.32. The first-order valence-corrected chi connectivity index (χ1v) is 2.86. The van der Waals surface area contributed by atoms with Crippen molar-refractivity contribution in [3.63, 3.8) is 0 Å². The minimum Gasteiger partial charge on any atom is -0.342 e. The number of hydrogen-bond acceptors (Lipinski definition) is 1. The Bertz CT molecular complexity index is 170. The lowest BCUT2D eigenvalue weighted by Crippen LogP contribution is -2.42. The van der Waals surface area contributed by atoms with Gasteiger partial charge in [0, 0.05) is 6.92 Å². The third kappa shape index (κ3) is 4.86. The molecule has 1 amide bonds. The van der Waals surface area contributed by atoms with Crippen LogP contribution in [0.3, 0.4) is 0 Å². The van der Waals surface area contributed by atoms with Gasteiger partial charge in [0.2, 0.25) is 0 Å². The summed E-state index contributed by atoms with van der Waals surface area (Å²) >= 11 is 0. The minimum atomic E-state index is -4.67. The van der Waals surface area contributed by atoms with E-state index < -0.39 is 24.6 Å². The Hall–Kier alpha value is -0.880. The molecule has 2 nitrogen and oxygen atoms in total. The Morgan fingerprint density at radius 1 is 1.25 bits per heavy atom. The second-order valence-corrected chi connectivity index (χ2v) is 2.19. The second-order valence-electron chi connectivity index (χ2n) is 2.19. The lowest BCUT2D eigenvalue weighted by Gasteiger charge is -2.11. The summed E-state index contributed by atoms with van der Waals surface area (Å²) in [5, 5.41) is 1.05. The molecular formula is C5H6F5NO. The van der Waals surface area contributed by atoms with E-state index >= 15 is 0 Å². The molecule has 72 valence electrons. The molecular weight excluding hydrogens is 185 g/mol. The van der Waals surface area contributed by atoms with Crippen LogP contribution in [-0.4, -0.2) is 24.6 Å². The van der Waals surface area contributed by atoms with Crippen molar-refractivity contribution < 1.29 is 26.7 Å². The lowest BCUT2D eigenvalue weighted by molar-refractivity contribution is -0.153. The van der Waals surface area contributed by atoms with Gasteiger partial charge in [-0.1, -0.05) is 0 Å². The van der Waals surface area contributed by atoms with Gasteiger partial charge in [0.25, 0.3) is 5.91 Å². The third-order valence-corrected chi connectivity index (χ3v) is 0.848. The zero-order chi connectivity index (χ0) is 9.99. The smallest absolute Gasteiger partial charge is 0.342 e. The second kappa shape index (κ2) is 3.24. The van der Waals surface area contributed by atoms with Crippen molar-refractivity contribution in [3.8, 4) is 0 Å². The Labute approximate surface area is 64.7 Å².